The van der Waals surface area contributed by atoms with Gasteiger partial charge in [0.1, 0.15) is 11.2 Å². The van der Waals surface area contributed by atoms with Crippen LogP contribution in [0.4, 0.5) is 14.0 Å². The van der Waals surface area contributed by atoms with Gasteiger partial charge in [0, 0.05) is 30.6 Å². The van der Waals surface area contributed by atoms with Gasteiger partial charge in [0.25, 0.3) is 0 Å². The van der Waals surface area contributed by atoms with Gasteiger partial charge in [0.2, 0.25) is 0 Å². The Bertz CT molecular complexity index is 1040. The van der Waals surface area contributed by atoms with Gasteiger partial charge in [-0.1, -0.05) is 13.8 Å². The molecule has 3 heterocycles. The lowest BCUT2D eigenvalue weighted by atomic mass is 9.91. The zero-order valence-corrected chi connectivity index (χ0v) is 21.0. The molecule has 1 fully saturated rings. The summed E-state index contributed by atoms with van der Waals surface area (Å²) in [5, 5.41) is 0.412. The number of fused-ring (bicyclic) bond motifs is 1. The minimum absolute atomic E-state index is 0.00922. The van der Waals surface area contributed by atoms with Crippen LogP contribution in [0.2, 0.25) is 0 Å². The van der Waals surface area contributed by atoms with E-state index in [2.05, 4.69) is 4.98 Å². The molecule has 0 aliphatic carbocycles. The molecule has 0 atom stereocenters. The zero-order valence-electron chi connectivity index (χ0n) is 21.0. The fraction of sp³-hybridized carbons (Fsp3) is 0.640. The van der Waals surface area contributed by atoms with E-state index in [-0.39, 0.29) is 17.9 Å². The van der Waals surface area contributed by atoms with Crippen molar-refractivity contribution in [1.29, 1.82) is 0 Å². The number of hydrogen-bond acceptors (Lipinski definition) is 5. The third-order valence-electron chi connectivity index (χ3n) is 5.59. The number of carbonyl (C=O) groups is 2. The minimum Gasteiger partial charge on any atom is -0.444 e. The van der Waals surface area contributed by atoms with Crippen LogP contribution < -0.4 is 0 Å². The predicted octanol–water partition coefficient (Wildman–Crippen LogP) is 6.20. The maximum atomic E-state index is 15.8. The van der Waals surface area contributed by atoms with Crippen LogP contribution in [0.5, 0.6) is 0 Å². The average molecular weight is 462 g/mol. The molecule has 0 radical (unpaired) electrons. The lowest BCUT2D eigenvalue weighted by molar-refractivity contribution is 0.0203. The van der Waals surface area contributed by atoms with Crippen LogP contribution in [-0.2, 0) is 9.47 Å². The minimum atomic E-state index is -0.667. The maximum Gasteiger partial charge on any atom is 0.419 e. The number of piperidine rings is 1. The number of amides is 1. The number of halogens is 1. The number of aromatic nitrogens is 2. The monoisotopic (exact) mass is 461 g/mol. The molecular formula is C25H36FN3O4. The Morgan fingerprint density at radius 2 is 1.58 bits per heavy atom. The highest BCUT2D eigenvalue weighted by Crippen LogP contribution is 2.36. The molecule has 0 aromatic carbocycles. The lowest BCUT2D eigenvalue weighted by Gasteiger charge is -2.33. The summed E-state index contributed by atoms with van der Waals surface area (Å²) in [5.74, 6) is -0.498. The molecule has 2 aromatic heterocycles. The number of rotatable bonds is 2. The first kappa shape index (κ1) is 25.0. The summed E-state index contributed by atoms with van der Waals surface area (Å²) in [7, 11) is 0. The van der Waals surface area contributed by atoms with Crippen LogP contribution in [0.25, 0.3) is 10.9 Å². The molecule has 182 valence electrons. The van der Waals surface area contributed by atoms with E-state index in [1.165, 1.54) is 4.57 Å². The summed E-state index contributed by atoms with van der Waals surface area (Å²) in [6.45, 7) is 15.8. The van der Waals surface area contributed by atoms with Gasteiger partial charge in [-0.2, -0.15) is 0 Å². The number of ether oxygens (including phenoxy) is 2. The molecule has 1 amide bonds. The van der Waals surface area contributed by atoms with Gasteiger partial charge in [-0.25, -0.2) is 14.0 Å². The number of carbonyl (C=O) groups excluding carboxylic acids is 2. The maximum absolute atomic E-state index is 15.8. The van der Waals surface area contributed by atoms with E-state index < -0.39 is 23.1 Å². The van der Waals surface area contributed by atoms with E-state index in [1.54, 1.807) is 38.1 Å². The first-order chi connectivity index (χ1) is 15.2. The van der Waals surface area contributed by atoms with Crippen molar-refractivity contribution in [2.45, 2.75) is 91.3 Å². The largest absolute Gasteiger partial charge is 0.444 e. The van der Waals surface area contributed by atoms with Crippen molar-refractivity contribution in [3.8, 4) is 0 Å². The van der Waals surface area contributed by atoms with Crippen molar-refractivity contribution in [2.75, 3.05) is 13.1 Å². The molecule has 0 spiro atoms. The third kappa shape index (κ3) is 5.65. The molecule has 2 aromatic rings. The van der Waals surface area contributed by atoms with E-state index in [9.17, 15) is 9.59 Å². The van der Waals surface area contributed by atoms with Gasteiger partial charge < -0.3 is 14.4 Å². The first-order valence-electron chi connectivity index (χ1n) is 11.6. The standard InChI is InChI=1S/C25H36FN3O4/c1-15(2)17-14-29(23(31)33-25(6,7)8)18-13-27-21(20(26)19(17)18)16-9-11-28(12-10-16)22(30)32-24(3,4)5/h13-16H,9-12H2,1-8H3. The van der Waals surface area contributed by atoms with Crippen LogP contribution in [0.1, 0.15) is 91.3 Å². The second-order valence-electron chi connectivity index (χ2n) is 11.0. The molecule has 1 aliphatic heterocycles. The Morgan fingerprint density at radius 3 is 2.09 bits per heavy atom. The van der Waals surface area contributed by atoms with Crippen molar-refractivity contribution in [3.05, 3.63) is 29.5 Å². The lowest BCUT2D eigenvalue weighted by Crippen LogP contribution is -2.41. The molecule has 8 heteroatoms. The number of likely N-dealkylation sites (tertiary alicyclic amines) is 1. The van der Waals surface area contributed by atoms with E-state index in [0.717, 1.165) is 5.56 Å². The van der Waals surface area contributed by atoms with Gasteiger partial charge in [-0.15, -0.1) is 0 Å². The van der Waals surface area contributed by atoms with E-state index in [1.807, 2.05) is 34.6 Å². The molecule has 1 saturated heterocycles. The average Bonchev–Trinajstić information content (AvgIpc) is 3.07. The van der Waals surface area contributed by atoms with Crippen LogP contribution in [-0.4, -0.2) is 50.9 Å². The zero-order chi connectivity index (χ0) is 24.7. The molecule has 3 rings (SSSR count). The fourth-order valence-electron chi connectivity index (χ4n) is 4.07. The van der Waals surface area contributed by atoms with Crippen molar-refractivity contribution in [3.63, 3.8) is 0 Å². The second kappa shape index (κ2) is 8.95. The summed E-state index contributed by atoms with van der Waals surface area (Å²) < 4.78 is 28.1. The molecule has 0 unspecified atom stereocenters. The predicted molar refractivity (Wildman–Crippen MR) is 125 cm³/mol. The van der Waals surface area contributed by atoms with Crippen molar-refractivity contribution in [2.24, 2.45) is 0 Å². The van der Waals surface area contributed by atoms with Gasteiger partial charge in [0.05, 0.1) is 17.4 Å². The van der Waals surface area contributed by atoms with Crippen LogP contribution in [0, 0.1) is 5.82 Å². The Balaban J connectivity index is 1.89. The van der Waals surface area contributed by atoms with Gasteiger partial charge in [0.15, 0.2) is 5.82 Å². The second-order valence-corrected chi connectivity index (χ2v) is 11.0. The SMILES string of the molecule is CC(C)c1cn(C(=O)OC(C)(C)C)c2cnc(C3CCN(C(=O)OC(C)(C)C)CC3)c(F)c12. The van der Waals surface area contributed by atoms with Crippen molar-refractivity contribution in [1.82, 2.24) is 14.5 Å². The normalized spacial score (nSPS) is 15.9. The smallest absolute Gasteiger partial charge is 0.419 e. The quantitative estimate of drug-likeness (QED) is 0.533. The van der Waals surface area contributed by atoms with Crippen LogP contribution in [0.15, 0.2) is 12.4 Å². The summed E-state index contributed by atoms with van der Waals surface area (Å²) in [4.78, 5) is 31.2. The molecular weight excluding hydrogens is 425 g/mol. The molecule has 0 bridgehead atoms. The molecule has 33 heavy (non-hydrogen) atoms. The van der Waals surface area contributed by atoms with Crippen LogP contribution >= 0.6 is 0 Å². The van der Waals surface area contributed by atoms with Gasteiger partial charge in [-0.05, 0) is 65.9 Å². The molecule has 0 saturated carbocycles. The summed E-state index contributed by atoms with van der Waals surface area (Å²) in [5.41, 5.74) is 0.305. The van der Waals surface area contributed by atoms with E-state index in [0.29, 0.717) is 42.5 Å². The van der Waals surface area contributed by atoms with Crippen molar-refractivity contribution >= 4 is 23.1 Å². The fourth-order valence-corrected chi connectivity index (χ4v) is 4.07. The number of hydrogen-bond donors (Lipinski definition) is 0. The topological polar surface area (TPSA) is 73.7 Å². The molecule has 7 nitrogen and oxygen atoms in total. The van der Waals surface area contributed by atoms with Gasteiger partial charge >= 0.3 is 12.2 Å². The Kier molecular flexibility index (Phi) is 6.78. The van der Waals surface area contributed by atoms with Gasteiger partial charge in [-0.3, -0.25) is 9.55 Å². The highest BCUT2D eigenvalue weighted by Gasteiger charge is 2.31. The third-order valence-corrected chi connectivity index (χ3v) is 5.59. The number of pyridine rings is 1. The van der Waals surface area contributed by atoms with E-state index >= 15 is 4.39 Å². The van der Waals surface area contributed by atoms with Crippen molar-refractivity contribution < 1.29 is 23.5 Å². The first-order valence-corrected chi connectivity index (χ1v) is 11.6. The Hall–Kier alpha value is -2.64. The molecule has 0 N–H and O–H groups in total. The van der Waals surface area contributed by atoms with E-state index in [4.69, 9.17) is 9.47 Å². The Morgan fingerprint density at radius 1 is 1.03 bits per heavy atom. The summed E-state index contributed by atoms with van der Waals surface area (Å²) in [6, 6.07) is 0. The number of nitrogens with zero attached hydrogens (tertiary/aromatic N) is 3. The summed E-state index contributed by atoms with van der Waals surface area (Å²) in [6.07, 6.45) is 3.50. The Labute approximate surface area is 195 Å². The highest BCUT2D eigenvalue weighted by molar-refractivity contribution is 5.92. The highest BCUT2D eigenvalue weighted by atomic mass is 19.1. The van der Waals surface area contributed by atoms with Crippen LogP contribution in [0.3, 0.4) is 0 Å². The summed E-state index contributed by atoms with van der Waals surface area (Å²) >= 11 is 0. The molecule has 1 aliphatic rings.